The fourth-order valence-corrected chi connectivity index (χ4v) is 2.54. The van der Waals surface area contributed by atoms with E-state index in [4.69, 9.17) is 4.74 Å². The number of hydrogen-bond donors (Lipinski definition) is 2. The molecule has 9 heteroatoms. The molecule has 20 heavy (non-hydrogen) atoms. The van der Waals surface area contributed by atoms with Crippen LogP contribution in [0.1, 0.15) is 6.92 Å². The highest BCUT2D eigenvalue weighted by Gasteiger charge is 2.21. The fraction of sp³-hybridized carbons (Fsp3) is 0.455. The summed E-state index contributed by atoms with van der Waals surface area (Å²) in [5, 5.41) is 13.6. The molecule has 0 saturated carbocycles. The van der Waals surface area contributed by atoms with Gasteiger partial charge in [-0.3, -0.25) is 10.1 Å². The SMILES string of the molecule is CNC(C)CNS(=O)(=O)c1ccc([N+](=O)[O-])c(OC)c1. The summed E-state index contributed by atoms with van der Waals surface area (Å²) in [7, 11) is -0.772. The first kappa shape index (κ1) is 16.3. The summed E-state index contributed by atoms with van der Waals surface area (Å²) in [6.45, 7) is 2.02. The average molecular weight is 303 g/mol. The first-order valence-corrected chi connectivity index (χ1v) is 7.29. The van der Waals surface area contributed by atoms with Gasteiger partial charge in [0.25, 0.3) is 0 Å². The second kappa shape index (κ2) is 6.64. The van der Waals surface area contributed by atoms with E-state index in [0.29, 0.717) is 0 Å². The Bertz CT molecular complexity index is 588. The summed E-state index contributed by atoms with van der Waals surface area (Å²) in [6.07, 6.45) is 0. The number of ether oxygens (including phenoxy) is 1. The number of hydrogen-bond acceptors (Lipinski definition) is 6. The van der Waals surface area contributed by atoms with Gasteiger partial charge in [0.2, 0.25) is 10.0 Å². The van der Waals surface area contributed by atoms with E-state index in [9.17, 15) is 18.5 Å². The molecule has 1 atom stereocenters. The minimum absolute atomic E-state index is 0.0373. The number of benzene rings is 1. The second-order valence-corrected chi connectivity index (χ2v) is 5.90. The van der Waals surface area contributed by atoms with Gasteiger partial charge in [0.1, 0.15) is 0 Å². The van der Waals surface area contributed by atoms with Crippen molar-refractivity contribution in [3.8, 4) is 5.75 Å². The van der Waals surface area contributed by atoms with E-state index in [1.165, 1.54) is 13.2 Å². The van der Waals surface area contributed by atoms with Crippen LogP contribution < -0.4 is 14.8 Å². The third-order valence-electron chi connectivity index (χ3n) is 2.73. The Labute approximate surface area is 117 Å². The van der Waals surface area contributed by atoms with Gasteiger partial charge in [-0.1, -0.05) is 0 Å². The standard InChI is InChI=1S/C11H17N3O5S/c1-8(12-2)7-13-20(17,18)9-4-5-10(14(15)16)11(6-9)19-3/h4-6,8,12-13H,7H2,1-3H3. The Kier molecular flexibility index (Phi) is 5.43. The number of sulfonamides is 1. The van der Waals surface area contributed by atoms with Crippen molar-refractivity contribution in [2.75, 3.05) is 20.7 Å². The molecule has 2 N–H and O–H groups in total. The lowest BCUT2D eigenvalue weighted by atomic mass is 10.3. The lowest BCUT2D eigenvalue weighted by Gasteiger charge is -2.12. The molecule has 0 heterocycles. The molecule has 0 aliphatic heterocycles. The van der Waals surface area contributed by atoms with Crippen molar-refractivity contribution in [1.29, 1.82) is 0 Å². The number of likely N-dealkylation sites (N-methyl/N-ethyl adjacent to an activating group) is 1. The molecule has 0 aromatic heterocycles. The zero-order valence-corrected chi connectivity index (χ0v) is 12.2. The van der Waals surface area contributed by atoms with E-state index in [-0.39, 0.29) is 28.9 Å². The Morgan fingerprint density at radius 2 is 2.10 bits per heavy atom. The van der Waals surface area contributed by atoms with Crippen LogP contribution in [0.25, 0.3) is 0 Å². The molecule has 1 unspecified atom stereocenters. The lowest BCUT2D eigenvalue weighted by molar-refractivity contribution is -0.385. The van der Waals surface area contributed by atoms with Gasteiger partial charge in [0.15, 0.2) is 5.75 Å². The number of nitrogens with zero attached hydrogens (tertiary/aromatic N) is 1. The quantitative estimate of drug-likeness (QED) is 0.560. The third-order valence-corrected chi connectivity index (χ3v) is 4.15. The molecule has 1 aromatic rings. The van der Waals surface area contributed by atoms with Gasteiger partial charge in [-0.25, -0.2) is 13.1 Å². The Morgan fingerprint density at radius 3 is 2.60 bits per heavy atom. The van der Waals surface area contributed by atoms with Crippen LogP contribution in [-0.4, -0.2) is 40.1 Å². The molecular formula is C11H17N3O5S. The number of rotatable bonds is 7. The summed E-state index contributed by atoms with van der Waals surface area (Å²) >= 11 is 0. The molecule has 0 fully saturated rings. The Morgan fingerprint density at radius 1 is 1.45 bits per heavy atom. The zero-order chi connectivity index (χ0) is 15.3. The van der Waals surface area contributed by atoms with Crippen LogP contribution in [-0.2, 0) is 10.0 Å². The highest BCUT2D eigenvalue weighted by atomic mass is 32.2. The molecule has 1 aromatic carbocycles. The Hall–Kier alpha value is -1.71. The minimum atomic E-state index is -3.73. The molecule has 112 valence electrons. The van der Waals surface area contributed by atoms with Gasteiger partial charge in [0.05, 0.1) is 16.9 Å². The van der Waals surface area contributed by atoms with Crippen molar-refractivity contribution in [2.24, 2.45) is 0 Å². The molecule has 0 spiro atoms. The molecule has 0 radical (unpaired) electrons. The molecule has 8 nitrogen and oxygen atoms in total. The molecule has 0 aliphatic carbocycles. The van der Waals surface area contributed by atoms with Crippen LogP contribution in [0.4, 0.5) is 5.69 Å². The first-order valence-electron chi connectivity index (χ1n) is 5.81. The summed E-state index contributed by atoms with van der Waals surface area (Å²) in [4.78, 5) is 10.0. The summed E-state index contributed by atoms with van der Waals surface area (Å²) in [5.41, 5.74) is -0.282. The molecule has 0 amide bonds. The van der Waals surface area contributed by atoms with Crippen molar-refractivity contribution >= 4 is 15.7 Å². The van der Waals surface area contributed by atoms with Crippen molar-refractivity contribution in [3.05, 3.63) is 28.3 Å². The molecule has 0 saturated heterocycles. The van der Waals surface area contributed by atoms with Gasteiger partial charge in [-0.05, 0) is 20.0 Å². The van der Waals surface area contributed by atoms with E-state index in [0.717, 1.165) is 12.1 Å². The van der Waals surface area contributed by atoms with Gasteiger partial charge in [-0.2, -0.15) is 0 Å². The van der Waals surface area contributed by atoms with E-state index in [1.54, 1.807) is 7.05 Å². The molecule has 0 aliphatic rings. The third kappa shape index (κ3) is 3.89. The first-order chi connectivity index (χ1) is 9.31. The predicted octanol–water partition coefficient (Wildman–Crippen LogP) is 0.490. The molecular weight excluding hydrogens is 286 g/mol. The average Bonchev–Trinajstić information content (AvgIpc) is 2.43. The van der Waals surface area contributed by atoms with E-state index < -0.39 is 14.9 Å². The van der Waals surface area contributed by atoms with E-state index in [2.05, 4.69) is 10.0 Å². The number of nitrogens with one attached hydrogen (secondary N) is 2. The van der Waals surface area contributed by atoms with Gasteiger partial charge in [-0.15, -0.1) is 0 Å². The van der Waals surface area contributed by atoms with Crippen LogP contribution in [0.15, 0.2) is 23.1 Å². The smallest absolute Gasteiger partial charge is 0.310 e. The second-order valence-electron chi connectivity index (χ2n) is 4.13. The van der Waals surface area contributed by atoms with Crippen LogP contribution in [0.5, 0.6) is 5.75 Å². The minimum Gasteiger partial charge on any atom is -0.490 e. The highest BCUT2D eigenvalue weighted by molar-refractivity contribution is 7.89. The normalized spacial score (nSPS) is 12.9. The highest BCUT2D eigenvalue weighted by Crippen LogP contribution is 2.29. The van der Waals surface area contributed by atoms with Crippen LogP contribution >= 0.6 is 0 Å². The summed E-state index contributed by atoms with van der Waals surface area (Å²) < 4.78 is 31.3. The van der Waals surface area contributed by atoms with Gasteiger partial charge < -0.3 is 10.1 Å². The van der Waals surface area contributed by atoms with Gasteiger partial charge >= 0.3 is 5.69 Å². The zero-order valence-electron chi connectivity index (χ0n) is 11.4. The van der Waals surface area contributed by atoms with Crippen LogP contribution in [0, 0.1) is 10.1 Å². The maximum Gasteiger partial charge on any atom is 0.310 e. The van der Waals surface area contributed by atoms with E-state index >= 15 is 0 Å². The summed E-state index contributed by atoms with van der Waals surface area (Å²) in [6, 6.07) is 3.37. The van der Waals surface area contributed by atoms with Crippen molar-refractivity contribution in [2.45, 2.75) is 17.9 Å². The molecule has 1 rings (SSSR count). The van der Waals surface area contributed by atoms with Gasteiger partial charge in [0, 0.05) is 24.7 Å². The van der Waals surface area contributed by atoms with Crippen molar-refractivity contribution in [1.82, 2.24) is 10.0 Å². The number of methoxy groups -OCH3 is 1. The Balaban J connectivity index is 3.04. The van der Waals surface area contributed by atoms with Crippen LogP contribution in [0.2, 0.25) is 0 Å². The summed E-state index contributed by atoms with van der Waals surface area (Å²) in [5.74, 6) is -0.0976. The van der Waals surface area contributed by atoms with Crippen molar-refractivity contribution in [3.63, 3.8) is 0 Å². The topological polar surface area (TPSA) is 111 Å². The molecule has 0 bridgehead atoms. The monoisotopic (exact) mass is 303 g/mol. The number of nitro benzene ring substituents is 1. The van der Waals surface area contributed by atoms with Crippen molar-refractivity contribution < 1.29 is 18.1 Å². The lowest BCUT2D eigenvalue weighted by Crippen LogP contribution is -2.37. The predicted molar refractivity (Wildman–Crippen MR) is 73.4 cm³/mol. The maximum absolute atomic E-state index is 12.0. The largest absolute Gasteiger partial charge is 0.490 e. The van der Waals surface area contributed by atoms with E-state index in [1.807, 2.05) is 6.92 Å². The fourth-order valence-electron chi connectivity index (χ4n) is 1.40. The maximum atomic E-state index is 12.0. The number of nitro groups is 1. The van der Waals surface area contributed by atoms with Crippen LogP contribution in [0.3, 0.4) is 0 Å².